The molecule has 150 valence electrons. The minimum absolute atomic E-state index is 0.0887. The van der Waals surface area contributed by atoms with Crippen molar-refractivity contribution in [3.63, 3.8) is 0 Å². The Labute approximate surface area is 178 Å². The average Bonchev–Trinajstić information content (AvgIpc) is 2.77. The number of carbonyl (C=O) groups is 1. The van der Waals surface area contributed by atoms with Gasteiger partial charge in [-0.25, -0.2) is 9.97 Å². The maximum atomic E-state index is 12.3. The lowest BCUT2D eigenvalue weighted by Crippen LogP contribution is -2.24. The fourth-order valence-electron chi connectivity index (χ4n) is 2.46. The molecule has 0 aliphatic heterocycles. The lowest BCUT2D eigenvalue weighted by Gasteiger charge is -2.11. The summed E-state index contributed by atoms with van der Waals surface area (Å²) in [6.07, 6.45) is 3.29. The summed E-state index contributed by atoms with van der Waals surface area (Å²) < 4.78 is 10.6. The highest BCUT2D eigenvalue weighted by Gasteiger charge is 2.12. The fraction of sp³-hybridized carbons (Fsp3) is 0.190. The van der Waals surface area contributed by atoms with Gasteiger partial charge in [-0.15, -0.1) is 0 Å². The number of nitrogens with one attached hydrogen (secondary N) is 1. The first-order valence-corrected chi connectivity index (χ1v) is 10.6. The van der Waals surface area contributed by atoms with E-state index in [1.165, 1.54) is 23.5 Å². The molecule has 1 amide bonds. The molecular formula is C21H21N3O3S2. The highest BCUT2D eigenvalue weighted by Crippen LogP contribution is 2.32. The number of hydrogen-bond acceptors (Lipinski definition) is 7. The van der Waals surface area contributed by atoms with Crippen LogP contribution in [0.3, 0.4) is 0 Å². The molecule has 3 rings (SSSR count). The van der Waals surface area contributed by atoms with Crippen molar-refractivity contribution in [3.8, 4) is 11.5 Å². The van der Waals surface area contributed by atoms with Crippen LogP contribution >= 0.6 is 23.5 Å². The zero-order valence-corrected chi connectivity index (χ0v) is 17.8. The van der Waals surface area contributed by atoms with Crippen LogP contribution in [0.4, 0.5) is 0 Å². The fourth-order valence-corrected chi connectivity index (χ4v) is 4.21. The van der Waals surface area contributed by atoms with Crippen LogP contribution < -0.4 is 14.8 Å². The molecule has 1 aromatic heterocycles. The van der Waals surface area contributed by atoms with Gasteiger partial charge in [-0.05, 0) is 24.3 Å². The Morgan fingerprint density at radius 2 is 1.76 bits per heavy atom. The molecule has 0 unspecified atom stereocenters. The monoisotopic (exact) mass is 427 g/mol. The van der Waals surface area contributed by atoms with Gasteiger partial charge >= 0.3 is 0 Å². The number of aromatic nitrogens is 2. The number of amides is 1. The number of thioether (sulfide) groups is 1. The van der Waals surface area contributed by atoms with Crippen LogP contribution in [0.2, 0.25) is 0 Å². The Balaban J connectivity index is 1.56. The van der Waals surface area contributed by atoms with Crippen LogP contribution in [-0.4, -0.2) is 35.8 Å². The molecule has 0 spiro atoms. The maximum absolute atomic E-state index is 12.3. The summed E-state index contributed by atoms with van der Waals surface area (Å²) in [7, 11) is 3.19. The Hall–Kier alpha value is -2.71. The van der Waals surface area contributed by atoms with Gasteiger partial charge in [0.05, 0.1) is 20.0 Å². The minimum atomic E-state index is -0.0887. The Kier molecular flexibility index (Phi) is 7.77. The normalized spacial score (nSPS) is 10.4. The van der Waals surface area contributed by atoms with Crippen LogP contribution in [0, 0.1) is 0 Å². The number of nitrogens with zero attached hydrogens (tertiary/aromatic N) is 2. The van der Waals surface area contributed by atoms with Crippen molar-refractivity contribution in [1.82, 2.24) is 15.3 Å². The lowest BCUT2D eigenvalue weighted by molar-refractivity contribution is -0.118. The van der Waals surface area contributed by atoms with E-state index in [0.29, 0.717) is 18.0 Å². The van der Waals surface area contributed by atoms with E-state index in [-0.39, 0.29) is 11.7 Å². The Bertz CT molecular complexity index is 955. The summed E-state index contributed by atoms with van der Waals surface area (Å²) >= 11 is 2.90. The molecule has 3 aromatic rings. The van der Waals surface area contributed by atoms with E-state index in [9.17, 15) is 4.79 Å². The molecule has 29 heavy (non-hydrogen) atoms. The molecule has 1 heterocycles. The second-order valence-corrected chi connectivity index (χ2v) is 7.85. The number of rotatable bonds is 9. The molecule has 6 nitrogen and oxygen atoms in total. The first-order chi connectivity index (χ1) is 14.2. The van der Waals surface area contributed by atoms with Gasteiger partial charge in [0, 0.05) is 35.5 Å². The highest BCUT2D eigenvalue weighted by atomic mass is 32.2. The number of carbonyl (C=O) groups excluding carboxylic acids is 1. The highest BCUT2D eigenvalue weighted by molar-refractivity contribution is 8.02. The molecule has 2 aromatic carbocycles. The molecule has 0 saturated heterocycles. The number of hydrogen-bond donors (Lipinski definition) is 1. The van der Waals surface area contributed by atoms with Crippen molar-refractivity contribution >= 4 is 29.4 Å². The SMILES string of the molecule is COc1ccc(CNC(=O)CSc2nccnc2Sc2ccccc2)c(OC)c1. The van der Waals surface area contributed by atoms with Gasteiger partial charge in [0.1, 0.15) is 21.6 Å². The Morgan fingerprint density at radius 1 is 1.00 bits per heavy atom. The molecule has 0 saturated carbocycles. The summed E-state index contributed by atoms with van der Waals surface area (Å²) in [5.74, 6) is 1.54. The van der Waals surface area contributed by atoms with Gasteiger partial charge in [-0.3, -0.25) is 4.79 Å². The van der Waals surface area contributed by atoms with E-state index in [4.69, 9.17) is 9.47 Å². The third-order valence-corrected chi connectivity index (χ3v) is 6.01. The third kappa shape index (κ3) is 6.13. The van der Waals surface area contributed by atoms with Gasteiger partial charge < -0.3 is 14.8 Å². The molecule has 0 radical (unpaired) electrons. The van der Waals surface area contributed by atoms with Gasteiger partial charge in [-0.1, -0.05) is 41.7 Å². The van der Waals surface area contributed by atoms with Crippen LogP contribution in [0.1, 0.15) is 5.56 Å². The number of benzene rings is 2. The van der Waals surface area contributed by atoms with Gasteiger partial charge in [0.25, 0.3) is 0 Å². The van der Waals surface area contributed by atoms with Crippen molar-refractivity contribution in [2.75, 3.05) is 20.0 Å². The molecule has 1 N–H and O–H groups in total. The molecule has 0 atom stereocenters. The van der Waals surface area contributed by atoms with E-state index in [0.717, 1.165) is 20.5 Å². The van der Waals surface area contributed by atoms with E-state index in [2.05, 4.69) is 15.3 Å². The Morgan fingerprint density at radius 3 is 2.48 bits per heavy atom. The zero-order chi connectivity index (χ0) is 20.5. The standard InChI is InChI=1S/C21H21N3O3S2/c1-26-16-9-8-15(18(12-16)27-2)13-24-19(25)14-28-20-21(23-11-10-22-20)29-17-6-4-3-5-7-17/h3-12H,13-14H2,1-2H3,(H,24,25). The van der Waals surface area contributed by atoms with Crippen molar-refractivity contribution in [1.29, 1.82) is 0 Å². The first kappa shape index (κ1) is 21.0. The lowest BCUT2D eigenvalue weighted by atomic mass is 10.2. The smallest absolute Gasteiger partial charge is 0.230 e. The first-order valence-electron chi connectivity index (χ1n) is 8.84. The molecule has 0 fully saturated rings. The van der Waals surface area contributed by atoms with E-state index in [1.807, 2.05) is 42.5 Å². The zero-order valence-electron chi connectivity index (χ0n) is 16.1. The van der Waals surface area contributed by atoms with E-state index >= 15 is 0 Å². The topological polar surface area (TPSA) is 73.3 Å². The van der Waals surface area contributed by atoms with Gasteiger partial charge in [-0.2, -0.15) is 0 Å². The average molecular weight is 428 g/mol. The van der Waals surface area contributed by atoms with Crippen LogP contribution in [0.15, 0.2) is 75.9 Å². The molecule has 0 aliphatic carbocycles. The third-order valence-electron chi connectivity index (χ3n) is 3.90. The van der Waals surface area contributed by atoms with Gasteiger partial charge in [0.15, 0.2) is 0 Å². The van der Waals surface area contributed by atoms with Crippen LogP contribution in [-0.2, 0) is 11.3 Å². The molecule has 8 heteroatoms. The number of methoxy groups -OCH3 is 2. The predicted octanol–water partition coefficient (Wildman–Crippen LogP) is 4.05. The van der Waals surface area contributed by atoms with Crippen LogP contribution in [0.25, 0.3) is 0 Å². The summed E-state index contributed by atoms with van der Waals surface area (Å²) in [5.41, 5.74) is 0.881. The second kappa shape index (κ2) is 10.7. The largest absolute Gasteiger partial charge is 0.497 e. The van der Waals surface area contributed by atoms with Crippen molar-refractivity contribution in [3.05, 3.63) is 66.5 Å². The minimum Gasteiger partial charge on any atom is -0.497 e. The van der Waals surface area contributed by atoms with Crippen LogP contribution in [0.5, 0.6) is 11.5 Å². The van der Waals surface area contributed by atoms with Crippen molar-refractivity contribution < 1.29 is 14.3 Å². The quantitative estimate of drug-likeness (QED) is 0.516. The van der Waals surface area contributed by atoms with Crippen molar-refractivity contribution in [2.45, 2.75) is 21.5 Å². The predicted molar refractivity (Wildman–Crippen MR) is 115 cm³/mol. The summed E-state index contributed by atoms with van der Waals surface area (Å²) in [6.45, 7) is 0.374. The maximum Gasteiger partial charge on any atom is 0.230 e. The summed E-state index contributed by atoms with van der Waals surface area (Å²) in [6, 6.07) is 15.5. The van der Waals surface area contributed by atoms with E-state index < -0.39 is 0 Å². The summed E-state index contributed by atoms with van der Waals surface area (Å²) in [5, 5.41) is 4.44. The molecule has 0 bridgehead atoms. The van der Waals surface area contributed by atoms with E-state index in [1.54, 1.807) is 32.7 Å². The second-order valence-electron chi connectivity index (χ2n) is 5.82. The molecular weight excluding hydrogens is 406 g/mol. The van der Waals surface area contributed by atoms with Gasteiger partial charge in [0.2, 0.25) is 5.91 Å². The number of ether oxygens (including phenoxy) is 2. The summed E-state index contributed by atoms with van der Waals surface area (Å²) in [4.78, 5) is 22.2. The van der Waals surface area contributed by atoms with Crippen molar-refractivity contribution in [2.24, 2.45) is 0 Å². The molecule has 0 aliphatic rings.